The second-order valence-corrected chi connectivity index (χ2v) is 5.39. The van der Waals surface area contributed by atoms with Gasteiger partial charge in [-0.3, -0.25) is 0 Å². The lowest BCUT2D eigenvalue weighted by Gasteiger charge is -2.26. The van der Waals surface area contributed by atoms with Gasteiger partial charge in [0.2, 0.25) is 0 Å². The van der Waals surface area contributed by atoms with Crippen LogP contribution in [0.25, 0.3) is 11.0 Å². The van der Waals surface area contributed by atoms with E-state index in [1.165, 1.54) is 17.4 Å². The Kier molecular flexibility index (Phi) is 3.58. The van der Waals surface area contributed by atoms with E-state index in [-0.39, 0.29) is 6.04 Å². The van der Waals surface area contributed by atoms with E-state index < -0.39 is 0 Å². The first-order valence-corrected chi connectivity index (χ1v) is 7.07. The van der Waals surface area contributed by atoms with Crippen molar-refractivity contribution in [2.24, 2.45) is 0 Å². The fourth-order valence-electron chi connectivity index (χ4n) is 2.91. The second-order valence-electron chi connectivity index (χ2n) is 5.39. The number of ether oxygens (including phenoxy) is 1. The molecular weight excluding hydrogens is 238 g/mol. The molecule has 3 rings (SSSR count). The lowest BCUT2D eigenvalue weighted by Crippen LogP contribution is -2.38. The molecule has 3 heteroatoms. The minimum atomic E-state index is 0.221. The maximum atomic E-state index is 6.00. The van der Waals surface area contributed by atoms with Crippen molar-refractivity contribution in [3.63, 3.8) is 0 Å². The van der Waals surface area contributed by atoms with Crippen LogP contribution in [0.4, 0.5) is 0 Å². The molecule has 0 radical (unpaired) electrons. The monoisotopic (exact) mass is 259 g/mol. The van der Waals surface area contributed by atoms with E-state index in [1.807, 2.05) is 12.1 Å². The van der Waals surface area contributed by atoms with Crippen LogP contribution >= 0.6 is 0 Å². The topological polar surface area (TPSA) is 34.4 Å². The summed E-state index contributed by atoms with van der Waals surface area (Å²) in [6, 6.07) is 8.88. The van der Waals surface area contributed by atoms with Crippen molar-refractivity contribution in [1.82, 2.24) is 5.32 Å². The van der Waals surface area contributed by atoms with Crippen LogP contribution in [0, 0.1) is 6.92 Å². The molecule has 2 unspecified atom stereocenters. The summed E-state index contributed by atoms with van der Waals surface area (Å²) < 4.78 is 11.5. The Morgan fingerprint density at radius 1 is 1.32 bits per heavy atom. The molecule has 1 aromatic heterocycles. The van der Waals surface area contributed by atoms with Crippen LogP contribution in [0.5, 0.6) is 0 Å². The smallest absolute Gasteiger partial charge is 0.134 e. The van der Waals surface area contributed by atoms with Crippen molar-refractivity contribution < 1.29 is 9.15 Å². The Balaban J connectivity index is 1.80. The SMILES string of the molecule is Cc1c(C(C)NC2CCCOC2)oc2ccccc12. The van der Waals surface area contributed by atoms with Gasteiger partial charge in [0.05, 0.1) is 12.6 Å². The molecule has 2 heterocycles. The zero-order valence-electron chi connectivity index (χ0n) is 11.6. The highest BCUT2D eigenvalue weighted by Gasteiger charge is 2.21. The van der Waals surface area contributed by atoms with Gasteiger partial charge in [0.1, 0.15) is 11.3 Å². The van der Waals surface area contributed by atoms with E-state index in [2.05, 4.69) is 31.3 Å². The van der Waals surface area contributed by atoms with Crippen LogP contribution in [-0.2, 0) is 4.74 Å². The number of rotatable bonds is 3. The fraction of sp³-hybridized carbons (Fsp3) is 0.500. The van der Waals surface area contributed by atoms with Gasteiger partial charge in [-0.25, -0.2) is 0 Å². The van der Waals surface area contributed by atoms with Gasteiger partial charge >= 0.3 is 0 Å². The second kappa shape index (κ2) is 5.35. The molecule has 1 aliphatic heterocycles. The van der Waals surface area contributed by atoms with Crippen LogP contribution in [0.1, 0.15) is 37.1 Å². The fourth-order valence-corrected chi connectivity index (χ4v) is 2.91. The average Bonchev–Trinajstić information content (AvgIpc) is 2.78. The first kappa shape index (κ1) is 12.7. The third-order valence-corrected chi connectivity index (χ3v) is 3.92. The molecule has 1 saturated heterocycles. The molecular formula is C16H21NO2. The summed E-state index contributed by atoms with van der Waals surface area (Å²) in [5.74, 6) is 1.05. The van der Waals surface area contributed by atoms with Gasteiger partial charge in [-0.1, -0.05) is 18.2 Å². The van der Waals surface area contributed by atoms with E-state index in [0.717, 1.165) is 31.0 Å². The van der Waals surface area contributed by atoms with Crippen molar-refractivity contribution in [3.05, 3.63) is 35.6 Å². The predicted molar refractivity (Wildman–Crippen MR) is 76.3 cm³/mol. The predicted octanol–water partition coefficient (Wildman–Crippen LogP) is 3.57. The summed E-state index contributed by atoms with van der Waals surface area (Å²) in [4.78, 5) is 0. The molecule has 19 heavy (non-hydrogen) atoms. The lowest BCUT2D eigenvalue weighted by molar-refractivity contribution is 0.0661. The Morgan fingerprint density at radius 3 is 2.89 bits per heavy atom. The van der Waals surface area contributed by atoms with Crippen molar-refractivity contribution in [2.45, 2.75) is 38.8 Å². The first-order valence-electron chi connectivity index (χ1n) is 7.07. The number of fused-ring (bicyclic) bond motifs is 1. The van der Waals surface area contributed by atoms with Crippen molar-refractivity contribution in [2.75, 3.05) is 13.2 Å². The van der Waals surface area contributed by atoms with Crippen molar-refractivity contribution >= 4 is 11.0 Å². The summed E-state index contributed by atoms with van der Waals surface area (Å²) >= 11 is 0. The van der Waals surface area contributed by atoms with E-state index in [9.17, 15) is 0 Å². The molecule has 1 aliphatic rings. The number of aryl methyl sites for hydroxylation is 1. The summed E-state index contributed by atoms with van der Waals surface area (Å²) in [6.45, 7) is 6.01. The zero-order chi connectivity index (χ0) is 13.2. The maximum Gasteiger partial charge on any atom is 0.134 e. The summed E-state index contributed by atoms with van der Waals surface area (Å²) in [5, 5.41) is 4.83. The molecule has 0 amide bonds. The quantitative estimate of drug-likeness (QED) is 0.915. The molecule has 3 nitrogen and oxygen atoms in total. The number of benzene rings is 1. The van der Waals surface area contributed by atoms with Gasteiger partial charge < -0.3 is 14.5 Å². The highest BCUT2D eigenvalue weighted by atomic mass is 16.5. The Hall–Kier alpha value is -1.32. The molecule has 0 saturated carbocycles. The number of para-hydroxylation sites is 1. The molecule has 1 aromatic carbocycles. The Morgan fingerprint density at radius 2 is 2.16 bits per heavy atom. The van der Waals surface area contributed by atoms with Crippen LogP contribution in [0.15, 0.2) is 28.7 Å². The van der Waals surface area contributed by atoms with Crippen molar-refractivity contribution in [3.8, 4) is 0 Å². The number of nitrogens with one attached hydrogen (secondary N) is 1. The summed E-state index contributed by atoms with van der Waals surface area (Å²) in [7, 11) is 0. The minimum absolute atomic E-state index is 0.221. The highest BCUT2D eigenvalue weighted by Crippen LogP contribution is 2.29. The van der Waals surface area contributed by atoms with Crippen LogP contribution in [-0.4, -0.2) is 19.3 Å². The van der Waals surface area contributed by atoms with Gasteiger partial charge in [0, 0.05) is 18.0 Å². The first-order chi connectivity index (χ1) is 9.25. The van der Waals surface area contributed by atoms with Crippen LogP contribution in [0.3, 0.4) is 0 Å². The van der Waals surface area contributed by atoms with Gasteiger partial charge in [-0.2, -0.15) is 0 Å². The summed E-state index contributed by atoms with van der Waals surface area (Å²) in [6.07, 6.45) is 2.33. The molecule has 2 atom stereocenters. The van der Waals surface area contributed by atoms with E-state index in [4.69, 9.17) is 9.15 Å². The lowest BCUT2D eigenvalue weighted by atomic mass is 10.1. The van der Waals surface area contributed by atoms with Gasteiger partial charge in [0.15, 0.2) is 0 Å². The normalized spacial score (nSPS) is 21.7. The molecule has 1 N–H and O–H groups in total. The van der Waals surface area contributed by atoms with E-state index in [0.29, 0.717) is 6.04 Å². The van der Waals surface area contributed by atoms with E-state index in [1.54, 1.807) is 0 Å². The number of hydrogen-bond acceptors (Lipinski definition) is 3. The molecule has 1 fully saturated rings. The standard InChI is InChI=1S/C16H21NO2/c1-11-14-7-3-4-8-15(14)19-16(11)12(2)17-13-6-5-9-18-10-13/h3-4,7-8,12-13,17H,5-6,9-10H2,1-2H3. The van der Waals surface area contributed by atoms with E-state index >= 15 is 0 Å². The molecule has 102 valence electrons. The molecule has 0 bridgehead atoms. The van der Waals surface area contributed by atoms with Gasteiger partial charge in [-0.15, -0.1) is 0 Å². The minimum Gasteiger partial charge on any atom is -0.459 e. The largest absolute Gasteiger partial charge is 0.459 e. The maximum absolute atomic E-state index is 6.00. The third-order valence-electron chi connectivity index (χ3n) is 3.92. The zero-order valence-corrected chi connectivity index (χ0v) is 11.6. The van der Waals surface area contributed by atoms with Crippen LogP contribution < -0.4 is 5.32 Å². The van der Waals surface area contributed by atoms with Gasteiger partial charge in [-0.05, 0) is 38.3 Å². The Bertz CT molecular complexity index is 555. The van der Waals surface area contributed by atoms with Crippen LogP contribution in [0.2, 0.25) is 0 Å². The third kappa shape index (κ3) is 2.53. The van der Waals surface area contributed by atoms with Crippen molar-refractivity contribution in [1.29, 1.82) is 0 Å². The molecule has 0 aliphatic carbocycles. The summed E-state index contributed by atoms with van der Waals surface area (Å²) in [5.41, 5.74) is 2.22. The number of hydrogen-bond donors (Lipinski definition) is 1. The molecule has 2 aromatic rings. The number of furan rings is 1. The highest BCUT2D eigenvalue weighted by molar-refractivity contribution is 5.82. The average molecular weight is 259 g/mol. The Labute approximate surface area is 113 Å². The molecule has 0 spiro atoms. The van der Waals surface area contributed by atoms with Gasteiger partial charge in [0.25, 0.3) is 0 Å².